The predicted molar refractivity (Wildman–Crippen MR) is 37.3 cm³/mol. The van der Waals surface area contributed by atoms with Gasteiger partial charge in [0, 0.05) is 20.1 Å². The van der Waals surface area contributed by atoms with Crippen LogP contribution < -0.4 is 0 Å². The molecular formula is C6H14N2. The Kier molecular flexibility index (Phi) is 3.24. The Labute approximate surface area is 51.2 Å². The fraction of sp³-hybridized carbons (Fsp3) is 0.833. The molecule has 2 nitrogen and oxygen atoms in total. The van der Waals surface area contributed by atoms with Crippen molar-refractivity contribution in [3.8, 4) is 0 Å². The zero-order chi connectivity index (χ0) is 6.57. The van der Waals surface area contributed by atoms with E-state index in [1.54, 1.807) is 7.05 Å². The lowest BCUT2D eigenvalue weighted by atomic mass is 10.4. The second-order valence-corrected chi connectivity index (χ2v) is 2.13. The van der Waals surface area contributed by atoms with Gasteiger partial charge >= 0.3 is 0 Å². The van der Waals surface area contributed by atoms with Gasteiger partial charge in [-0.05, 0) is 13.8 Å². The molecule has 0 unspecified atom stereocenters. The number of hydrogen-bond acceptors (Lipinski definition) is 1. The molecule has 0 rings (SSSR count). The van der Waals surface area contributed by atoms with Crippen LogP contribution in [0.3, 0.4) is 0 Å². The van der Waals surface area contributed by atoms with E-state index in [9.17, 15) is 0 Å². The first-order valence-corrected chi connectivity index (χ1v) is 2.82. The molecule has 0 radical (unpaired) electrons. The lowest BCUT2D eigenvalue weighted by Gasteiger charge is -2.16. The summed E-state index contributed by atoms with van der Waals surface area (Å²) in [5, 5.41) is 0. The molecule has 0 aromatic carbocycles. The molecule has 0 spiro atoms. The zero-order valence-electron chi connectivity index (χ0n) is 6.05. The molecule has 8 heavy (non-hydrogen) atoms. The average Bonchev–Trinajstić information content (AvgIpc) is 1.67. The van der Waals surface area contributed by atoms with Crippen molar-refractivity contribution in [1.29, 1.82) is 0 Å². The summed E-state index contributed by atoms with van der Waals surface area (Å²) >= 11 is 0. The highest BCUT2D eigenvalue weighted by molar-refractivity contribution is 5.54. The molecule has 0 aromatic heterocycles. The van der Waals surface area contributed by atoms with Crippen LogP contribution in [-0.2, 0) is 0 Å². The monoisotopic (exact) mass is 114 g/mol. The van der Waals surface area contributed by atoms with Crippen molar-refractivity contribution in [3.05, 3.63) is 0 Å². The Morgan fingerprint density at radius 3 is 2.12 bits per heavy atom. The molecule has 0 saturated carbocycles. The maximum atomic E-state index is 3.86. The Morgan fingerprint density at radius 2 is 2.00 bits per heavy atom. The fourth-order valence-corrected chi connectivity index (χ4v) is 0.315. The molecule has 0 fully saturated rings. The van der Waals surface area contributed by atoms with Crippen LogP contribution in [0.25, 0.3) is 0 Å². The van der Waals surface area contributed by atoms with E-state index < -0.39 is 0 Å². The third-order valence-electron chi connectivity index (χ3n) is 1.11. The smallest absolute Gasteiger partial charge is 0.0846 e. The Bertz CT molecular complexity index is 76.6. The van der Waals surface area contributed by atoms with E-state index in [0.717, 1.165) is 0 Å². The zero-order valence-corrected chi connectivity index (χ0v) is 6.05. The molecule has 0 atom stereocenters. The van der Waals surface area contributed by atoms with E-state index in [4.69, 9.17) is 0 Å². The third kappa shape index (κ3) is 2.61. The Balaban J connectivity index is 3.47. The summed E-state index contributed by atoms with van der Waals surface area (Å²) in [5.41, 5.74) is 0. The summed E-state index contributed by atoms with van der Waals surface area (Å²) in [7, 11) is 3.79. The summed E-state index contributed by atoms with van der Waals surface area (Å²) in [6.45, 7) is 4.25. The standard InChI is InChI=1S/C6H14N2/c1-6(2)8(4)5-7-3/h5-6H,1-4H3. The van der Waals surface area contributed by atoms with Crippen molar-refractivity contribution >= 4 is 6.34 Å². The first-order valence-electron chi connectivity index (χ1n) is 2.82. The molecule has 0 aliphatic carbocycles. The van der Waals surface area contributed by atoms with E-state index in [1.165, 1.54) is 0 Å². The summed E-state index contributed by atoms with van der Waals surface area (Å²) in [5.74, 6) is 0. The number of hydrogen-bond donors (Lipinski definition) is 0. The van der Waals surface area contributed by atoms with Gasteiger partial charge in [0.1, 0.15) is 0 Å². The SMILES string of the molecule is CN=CN(C)C(C)C. The molecule has 0 heterocycles. The Morgan fingerprint density at radius 1 is 1.50 bits per heavy atom. The molecule has 0 bridgehead atoms. The van der Waals surface area contributed by atoms with E-state index in [1.807, 2.05) is 13.4 Å². The van der Waals surface area contributed by atoms with Gasteiger partial charge in [0.2, 0.25) is 0 Å². The highest BCUT2D eigenvalue weighted by Gasteiger charge is 1.93. The van der Waals surface area contributed by atoms with Crippen molar-refractivity contribution in [2.75, 3.05) is 14.1 Å². The van der Waals surface area contributed by atoms with Crippen molar-refractivity contribution in [1.82, 2.24) is 4.90 Å². The summed E-state index contributed by atoms with van der Waals surface area (Å²) in [6.07, 6.45) is 1.82. The minimum atomic E-state index is 0.554. The topological polar surface area (TPSA) is 15.6 Å². The molecule has 0 aliphatic rings. The molecule has 0 aliphatic heterocycles. The van der Waals surface area contributed by atoms with Gasteiger partial charge in [-0.1, -0.05) is 0 Å². The molecule has 48 valence electrons. The van der Waals surface area contributed by atoms with Crippen molar-refractivity contribution in [3.63, 3.8) is 0 Å². The highest BCUT2D eigenvalue weighted by atomic mass is 15.1. The number of rotatable bonds is 2. The van der Waals surface area contributed by atoms with E-state index in [2.05, 4.69) is 23.7 Å². The van der Waals surface area contributed by atoms with Crippen molar-refractivity contribution in [2.24, 2.45) is 4.99 Å². The van der Waals surface area contributed by atoms with Gasteiger partial charge in [0.25, 0.3) is 0 Å². The normalized spacial score (nSPS) is 11.1. The van der Waals surface area contributed by atoms with Crippen LogP contribution in [0.4, 0.5) is 0 Å². The maximum Gasteiger partial charge on any atom is 0.0846 e. The summed E-state index contributed by atoms with van der Waals surface area (Å²) in [4.78, 5) is 5.91. The quantitative estimate of drug-likeness (QED) is 0.386. The fourth-order valence-electron chi connectivity index (χ4n) is 0.315. The predicted octanol–water partition coefficient (Wildman–Crippen LogP) is 0.985. The van der Waals surface area contributed by atoms with Gasteiger partial charge in [-0.2, -0.15) is 0 Å². The van der Waals surface area contributed by atoms with Crippen LogP contribution in [0.2, 0.25) is 0 Å². The minimum Gasteiger partial charge on any atom is -0.364 e. The van der Waals surface area contributed by atoms with Gasteiger partial charge in [0.15, 0.2) is 0 Å². The Hall–Kier alpha value is -0.530. The van der Waals surface area contributed by atoms with Crippen LogP contribution in [0, 0.1) is 0 Å². The minimum absolute atomic E-state index is 0.554. The third-order valence-corrected chi connectivity index (χ3v) is 1.11. The average molecular weight is 114 g/mol. The molecule has 0 N–H and O–H groups in total. The largest absolute Gasteiger partial charge is 0.364 e. The second-order valence-electron chi connectivity index (χ2n) is 2.13. The van der Waals surface area contributed by atoms with E-state index in [0.29, 0.717) is 6.04 Å². The van der Waals surface area contributed by atoms with Crippen LogP contribution in [-0.4, -0.2) is 31.4 Å². The van der Waals surface area contributed by atoms with Crippen molar-refractivity contribution < 1.29 is 0 Å². The summed E-state index contributed by atoms with van der Waals surface area (Å²) in [6, 6.07) is 0.554. The maximum absolute atomic E-state index is 3.86. The molecule has 2 heteroatoms. The second kappa shape index (κ2) is 3.47. The van der Waals surface area contributed by atoms with E-state index in [-0.39, 0.29) is 0 Å². The van der Waals surface area contributed by atoms with Crippen LogP contribution in [0.5, 0.6) is 0 Å². The van der Waals surface area contributed by atoms with Gasteiger partial charge in [-0.15, -0.1) is 0 Å². The number of nitrogens with zero attached hydrogens (tertiary/aromatic N) is 2. The van der Waals surface area contributed by atoms with E-state index >= 15 is 0 Å². The lowest BCUT2D eigenvalue weighted by molar-refractivity contribution is 0.429. The van der Waals surface area contributed by atoms with Crippen LogP contribution in [0.1, 0.15) is 13.8 Å². The first kappa shape index (κ1) is 7.47. The lowest BCUT2D eigenvalue weighted by Crippen LogP contribution is -2.24. The molecule has 0 aromatic rings. The van der Waals surface area contributed by atoms with Gasteiger partial charge in [0.05, 0.1) is 6.34 Å². The van der Waals surface area contributed by atoms with Gasteiger partial charge in [-0.3, -0.25) is 4.99 Å². The molecular weight excluding hydrogens is 100 g/mol. The summed E-state index contributed by atoms with van der Waals surface area (Å²) < 4.78 is 0. The number of aliphatic imine (C=N–C) groups is 1. The highest BCUT2D eigenvalue weighted by Crippen LogP contribution is 1.86. The first-order chi connectivity index (χ1) is 3.68. The van der Waals surface area contributed by atoms with Crippen LogP contribution >= 0.6 is 0 Å². The molecule has 0 saturated heterocycles. The van der Waals surface area contributed by atoms with Gasteiger partial charge in [-0.25, -0.2) is 0 Å². The van der Waals surface area contributed by atoms with Crippen molar-refractivity contribution in [2.45, 2.75) is 19.9 Å². The van der Waals surface area contributed by atoms with Gasteiger partial charge < -0.3 is 4.90 Å². The molecule has 0 amide bonds. The van der Waals surface area contributed by atoms with Crippen LogP contribution in [0.15, 0.2) is 4.99 Å².